The average molecular weight is 253 g/mol. The summed E-state index contributed by atoms with van der Waals surface area (Å²) in [4.78, 5) is 11.9. The molecule has 1 heterocycles. The molecule has 0 bridgehead atoms. The van der Waals surface area contributed by atoms with Crippen molar-refractivity contribution in [3.63, 3.8) is 0 Å². The molecule has 19 heavy (non-hydrogen) atoms. The van der Waals surface area contributed by atoms with Gasteiger partial charge >= 0.3 is 0 Å². The molecule has 2 nitrogen and oxygen atoms in total. The fourth-order valence-electron chi connectivity index (χ4n) is 3.24. The lowest BCUT2D eigenvalue weighted by atomic mass is 9.81. The minimum Gasteiger partial charge on any atom is -0.350 e. The molecule has 2 aromatic rings. The molecule has 0 radical (unpaired) electrons. The Morgan fingerprint density at radius 3 is 2.89 bits per heavy atom. The fraction of sp³-hybridized carbons (Fsp3) is 0.353. The van der Waals surface area contributed by atoms with Crippen LogP contribution in [0, 0.1) is 0 Å². The van der Waals surface area contributed by atoms with E-state index < -0.39 is 0 Å². The maximum absolute atomic E-state index is 11.9. The molecule has 3 rings (SSSR count). The highest BCUT2D eigenvalue weighted by Gasteiger charge is 2.25. The molecule has 1 aromatic heterocycles. The van der Waals surface area contributed by atoms with E-state index in [2.05, 4.69) is 48.2 Å². The number of allylic oxidation sites excluding steroid dienone is 2. The summed E-state index contributed by atoms with van der Waals surface area (Å²) in [6, 6.07) is 8.44. The van der Waals surface area contributed by atoms with Gasteiger partial charge in [-0.25, -0.2) is 0 Å². The summed E-state index contributed by atoms with van der Waals surface area (Å²) in [5, 5.41) is 1.28. The van der Waals surface area contributed by atoms with Gasteiger partial charge in [-0.2, -0.15) is 0 Å². The molecule has 0 aliphatic heterocycles. The van der Waals surface area contributed by atoms with E-state index in [0.717, 1.165) is 18.4 Å². The lowest BCUT2D eigenvalue weighted by molar-refractivity contribution is -0.114. The summed E-state index contributed by atoms with van der Waals surface area (Å²) >= 11 is 0. The van der Waals surface area contributed by atoms with Gasteiger partial charge in [-0.15, -0.1) is 0 Å². The maximum Gasteiger partial charge on any atom is 0.156 e. The Balaban J connectivity index is 2.16. The minimum atomic E-state index is 0.220. The van der Waals surface area contributed by atoms with Crippen LogP contribution in [0.5, 0.6) is 0 Å². The molecule has 1 atom stereocenters. The van der Waals surface area contributed by atoms with Gasteiger partial charge < -0.3 is 4.57 Å². The molecule has 1 aromatic carbocycles. The SMILES string of the molecule is CC(=O)C1=CCCCC1c1cn(C)c2ccccc12. The molecule has 1 unspecified atom stereocenters. The summed E-state index contributed by atoms with van der Waals surface area (Å²) in [6.07, 6.45) is 7.62. The van der Waals surface area contributed by atoms with Crippen LogP contribution in [0.1, 0.15) is 37.7 Å². The van der Waals surface area contributed by atoms with Crippen LogP contribution in [0.3, 0.4) is 0 Å². The summed E-state index contributed by atoms with van der Waals surface area (Å²) < 4.78 is 2.16. The van der Waals surface area contributed by atoms with Crippen LogP contribution in [-0.2, 0) is 11.8 Å². The van der Waals surface area contributed by atoms with Gasteiger partial charge in [-0.1, -0.05) is 24.3 Å². The Kier molecular flexibility index (Phi) is 3.02. The highest BCUT2D eigenvalue weighted by molar-refractivity contribution is 5.96. The van der Waals surface area contributed by atoms with E-state index in [1.807, 2.05) is 0 Å². The molecule has 1 aliphatic rings. The second kappa shape index (κ2) is 4.69. The van der Waals surface area contributed by atoms with Crippen LogP contribution in [0.4, 0.5) is 0 Å². The molecule has 1 aliphatic carbocycles. The zero-order valence-corrected chi connectivity index (χ0v) is 11.5. The van der Waals surface area contributed by atoms with Crippen LogP contribution in [0.15, 0.2) is 42.1 Å². The number of fused-ring (bicyclic) bond motifs is 1. The van der Waals surface area contributed by atoms with Crippen molar-refractivity contribution >= 4 is 16.7 Å². The van der Waals surface area contributed by atoms with E-state index in [1.54, 1.807) is 6.92 Å². The highest BCUT2D eigenvalue weighted by atomic mass is 16.1. The van der Waals surface area contributed by atoms with E-state index in [-0.39, 0.29) is 11.7 Å². The first-order chi connectivity index (χ1) is 9.18. The predicted molar refractivity (Wildman–Crippen MR) is 78.3 cm³/mol. The molecular formula is C17H19NO. The van der Waals surface area contributed by atoms with E-state index in [1.165, 1.54) is 22.9 Å². The van der Waals surface area contributed by atoms with Crippen molar-refractivity contribution < 1.29 is 4.79 Å². The van der Waals surface area contributed by atoms with E-state index in [9.17, 15) is 4.79 Å². The van der Waals surface area contributed by atoms with Gasteiger partial charge in [0.05, 0.1) is 0 Å². The zero-order chi connectivity index (χ0) is 13.4. The van der Waals surface area contributed by atoms with E-state index >= 15 is 0 Å². The number of aryl methyl sites for hydroxylation is 1. The topological polar surface area (TPSA) is 22.0 Å². The predicted octanol–water partition coefficient (Wildman–Crippen LogP) is 3.96. The molecule has 0 spiro atoms. The first kappa shape index (κ1) is 12.2. The van der Waals surface area contributed by atoms with Crippen LogP contribution < -0.4 is 0 Å². The third-order valence-corrected chi connectivity index (χ3v) is 4.15. The second-order valence-corrected chi connectivity index (χ2v) is 5.41. The van der Waals surface area contributed by atoms with Crippen molar-refractivity contribution in [2.45, 2.75) is 32.1 Å². The van der Waals surface area contributed by atoms with Gasteiger partial charge in [0.1, 0.15) is 0 Å². The molecular weight excluding hydrogens is 234 g/mol. The third kappa shape index (κ3) is 2.01. The fourth-order valence-corrected chi connectivity index (χ4v) is 3.24. The maximum atomic E-state index is 11.9. The number of hydrogen-bond acceptors (Lipinski definition) is 1. The molecule has 0 N–H and O–H groups in total. The highest BCUT2D eigenvalue weighted by Crippen LogP contribution is 2.38. The van der Waals surface area contributed by atoms with E-state index in [0.29, 0.717) is 0 Å². The molecule has 0 saturated heterocycles. The summed E-state index contributed by atoms with van der Waals surface area (Å²) in [6.45, 7) is 1.69. The normalized spacial score (nSPS) is 19.5. The van der Waals surface area contributed by atoms with Crippen LogP contribution in [-0.4, -0.2) is 10.4 Å². The van der Waals surface area contributed by atoms with Gasteiger partial charge in [0.25, 0.3) is 0 Å². The molecule has 2 heteroatoms. The number of rotatable bonds is 2. The number of benzene rings is 1. The smallest absolute Gasteiger partial charge is 0.156 e. The minimum absolute atomic E-state index is 0.220. The molecule has 0 saturated carbocycles. The first-order valence-corrected chi connectivity index (χ1v) is 6.93. The standard InChI is InChI=1S/C17H19NO/c1-12(19)13-7-3-4-8-14(13)16-11-18(2)17-10-6-5-9-15(16)17/h5-7,9-11,14H,3-4,8H2,1-2H3. The quantitative estimate of drug-likeness (QED) is 0.794. The van der Waals surface area contributed by atoms with Gasteiger partial charge in [-0.05, 0) is 43.4 Å². The van der Waals surface area contributed by atoms with Crippen molar-refractivity contribution in [3.05, 3.63) is 47.7 Å². The van der Waals surface area contributed by atoms with Crippen LogP contribution >= 0.6 is 0 Å². The molecule has 98 valence electrons. The van der Waals surface area contributed by atoms with Crippen molar-refractivity contribution in [2.24, 2.45) is 7.05 Å². The van der Waals surface area contributed by atoms with Gasteiger partial charge in [0.15, 0.2) is 5.78 Å². The van der Waals surface area contributed by atoms with Gasteiger partial charge in [-0.3, -0.25) is 4.79 Å². The molecule has 0 fully saturated rings. The zero-order valence-electron chi connectivity index (χ0n) is 11.5. The Morgan fingerprint density at radius 1 is 1.32 bits per heavy atom. The monoisotopic (exact) mass is 253 g/mol. The Morgan fingerprint density at radius 2 is 2.11 bits per heavy atom. The number of para-hydroxylation sites is 1. The summed E-state index contributed by atoms with van der Waals surface area (Å²) in [5.41, 5.74) is 3.55. The lowest BCUT2D eigenvalue weighted by Crippen LogP contribution is -2.12. The number of nitrogens with zero attached hydrogens (tertiary/aromatic N) is 1. The van der Waals surface area contributed by atoms with E-state index in [4.69, 9.17) is 0 Å². The van der Waals surface area contributed by atoms with Crippen molar-refractivity contribution in [3.8, 4) is 0 Å². The molecule has 0 amide bonds. The Labute approximate surface area is 113 Å². The number of carbonyl (C=O) groups is 1. The lowest BCUT2D eigenvalue weighted by Gasteiger charge is -2.22. The van der Waals surface area contributed by atoms with Crippen LogP contribution in [0.2, 0.25) is 0 Å². The Hall–Kier alpha value is -1.83. The van der Waals surface area contributed by atoms with Gasteiger partial charge in [0, 0.05) is 30.1 Å². The van der Waals surface area contributed by atoms with Crippen molar-refractivity contribution in [2.75, 3.05) is 0 Å². The third-order valence-electron chi connectivity index (χ3n) is 4.15. The number of hydrogen-bond donors (Lipinski definition) is 0. The number of carbonyl (C=O) groups excluding carboxylic acids is 1. The number of ketones is 1. The van der Waals surface area contributed by atoms with Crippen LogP contribution in [0.25, 0.3) is 10.9 Å². The average Bonchev–Trinajstić information content (AvgIpc) is 2.77. The van der Waals surface area contributed by atoms with Gasteiger partial charge in [0.2, 0.25) is 0 Å². The number of Topliss-reactive ketones (excluding diaryl/α,β-unsaturated/α-hetero) is 1. The number of aromatic nitrogens is 1. The summed E-state index contributed by atoms with van der Waals surface area (Å²) in [7, 11) is 2.08. The summed E-state index contributed by atoms with van der Waals surface area (Å²) in [5.74, 6) is 0.495. The van der Waals surface area contributed by atoms with Crippen molar-refractivity contribution in [1.29, 1.82) is 0 Å². The largest absolute Gasteiger partial charge is 0.350 e. The second-order valence-electron chi connectivity index (χ2n) is 5.41. The van der Waals surface area contributed by atoms with Crippen molar-refractivity contribution in [1.82, 2.24) is 4.57 Å². The Bertz CT molecular complexity index is 663. The first-order valence-electron chi connectivity index (χ1n) is 6.93.